The number of nitrogens with two attached hydrogens (primary N) is 1. The number of aryl methyl sites for hydroxylation is 1. The molecule has 0 radical (unpaired) electrons. The maximum Gasteiger partial charge on any atom is 0.0579 e. The van der Waals surface area contributed by atoms with Crippen molar-refractivity contribution in [2.45, 2.75) is 52.9 Å². The van der Waals surface area contributed by atoms with Gasteiger partial charge in [-0.05, 0) is 49.1 Å². The monoisotopic (exact) mass is 260 g/mol. The molecule has 0 aromatic heterocycles. The summed E-state index contributed by atoms with van der Waals surface area (Å²) in [5.41, 5.74) is 9.81. The maximum absolute atomic E-state index is 6.15. The van der Waals surface area contributed by atoms with Gasteiger partial charge in [-0.3, -0.25) is 0 Å². The molecule has 1 fully saturated rings. The van der Waals surface area contributed by atoms with Crippen molar-refractivity contribution in [3.63, 3.8) is 0 Å². The van der Waals surface area contributed by atoms with Crippen LogP contribution in [0.3, 0.4) is 0 Å². The molecule has 1 aromatic rings. The largest absolute Gasteiger partial charge is 0.397 e. The highest BCUT2D eigenvalue weighted by Gasteiger charge is 2.34. The fourth-order valence-corrected chi connectivity index (χ4v) is 3.56. The molecule has 0 unspecified atom stereocenters. The first-order valence-electron chi connectivity index (χ1n) is 7.61. The minimum Gasteiger partial charge on any atom is -0.397 e. The van der Waals surface area contributed by atoms with Gasteiger partial charge in [0.15, 0.2) is 0 Å². The molecule has 2 nitrogen and oxygen atoms in total. The predicted molar refractivity (Wildman–Crippen MR) is 84.4 cm³/mol. The Labute approximate surface area is 117 Å². The summed E-state index contributed by atoms with van der Waals surface area (Å²) in [6.07, 6.45) is 6.83. The standard InChI is InChI=1S/C17H28N2/c1-13(2)11-17(9-4-5-10-17)12-19-15-8-6-7-14(3)16(15)18/h6-8,13,19H,4-5,9-12,18H2,1-3H3. The fourth-order valence-electron chi connectivity index (χ4n) is 3.56. The highest BCUT2D eigenvalue weighted by molar-refractivity contribution is 5.69. The van der Waals surface area contributed by atoms with Crippen molar-refractivity contribution in [1.29, 1.82) is 0 Å². The molecule has 1 aromatic carbocycles. The van der Waals surface area contributed by atoms with Crippen LogP contribution in [0.15, 0.2) is 18.2 Å². The molecular formula is C17H28N2. The zero-order chi connectivity index (χ0) is 13.9. The number of hydrogen-bond donors (Lipinski definition) is 2. The minimum absolute atomic E-state index is 0.490. The molecule has 0 atom stereocenters. The first kappa shape index (κ1) is 14.2. The molecule has 0 aliphatic heterocycles. The molecule has 2 heteroatoms. The Kier molecular flexibility index (Phi) is 4.38. The Bertz CT molecular complexity index is 417. The van der Waals surface area contributed by atoms with Crippen LogP contribution in [0.2, 0.25) is 0 Å². The third kappa shape index (κ3) is 3.43. The van der Waals surface area contributed by atoms with E-state index in [-0.39, 0.29) is 0 Å². The molecule has 106 valence electrons. The average molecular weight is 260 g/mol. The molecule has 3 N–H and O–H groups in total. The van der Waals surface area contributed by atoms with Gasteiger partial charge in [0.1, 0.15) is 0 Å². The minimum atomic E-state index is 0.490. The van der Waals surface area contributed by atoms with Gasteiger partial charge < -0.3 is 11.1 Å². The van der Waals surface area contributed by atoms with Crippen molar-refractivity contribution >= 4 is 11.4 Å². The van der Waals surface area contributed by atoms with E-state index in [0.29, 0.717) is 5.41 Å². The number of benzene rings is 1. The molecule has 19 heavy (non-hydrogen) atoms. The summed E-state index contributed by atoms with van der Waals surface area (Å²) in [4.78, 5) is 0. The van der Waals surface area contributed by atoms with Crippen LogP contribution in [0.25, 0.3) is 0 Å². The summed E-state index contributed by atoms with van der Waals surface area (Å²) in [7, 11) is 0. The van der Waals surface area contributed by atoms with Gasteiger partial charge >= 0.3 is 0 Å². The summed E-state index contributed by atoms with van der Waals surface area (Å²) < 4.78 is 0. The summed E-state index contributed by atoms with van der Waals surface area (Å²) in [5.74, 6) is 0.773. The number of para-hydroxylation sites is 1. The lowest BCUT2D eigenvalue weighted by Crippen LogP contribution is -2.28. The number of nitrogen functional groups attached to an aromatic ring is 1. The molecule has 1 saturated carbocycles. The molecule has 0 bridgehead atoms. The van der Waals surface area contributed by atoms with E-state index in [1.165, 1.54) is 32.1 Å². The van der Waals surface area contributed by atoms with Gasteiger partial charge in [-0.2, -0.15) is 0 Å². The van der Waals surface area contributed by atoms with Crippen LogP contribution < -0.4 is 11.1 Å². The number of nitrogens with one attached hydrogen (secondary N) is 1. The van der Waals surface area contributed by atoms with Gasteiger partial charge in [-0.15, -0.1) is 0 Å². The van der Waals surface area contributed by atoms with Gasteiger partial charge in [0.05, 0.1) is 11.4 Å². The van der Waals surface area contributed by atoms with E-state index in [9.17, 15) is 0 Å². The van der Waals surface area contributed by atoms with Crippen molar-refractivity contribution in [2.24, 2.45) is 11.3 Å². The van der Waals surface area contributed by atoms with Gasteiger partial charge in [-0.1, -0.05) is 38.8 Å². The molecule has 0 heterocycles. The normalized spacial score (nSPS) is 17.9. The van der Waals surface area contributed by atoms with E-state index < -0.39 is 0 Å². The molecule has 1 aliphatic rings. The van der Waals surface area contributed by atoms with Crippen LogP contribution in [0.4, 0.5) is 11.4 Å². The van der Waals surface area contributed by atoms with Crippen LogP contribution in [0.5, 0.6) is 0 Å². The number of hydrogen-bond acceptors (Lipinski definition) is 2. The Hall–Kier alpha value is -1.18. The third-order valence-electron chi connectivity index (χ3n) is 4.48. The predicted octanol–water partition coefficient (Wildman–Crippen LogP) is 4.60. The second-order valence-electron chi connectivity index (χ2n) is 6.69. The Balaban J connectivity index is 2.05. The zero-order valence-electron chi connectivity index (χ0n) is 12.6. The zero-order valence-corrected chi connectivity index (χ0v) is 12.6. The van der Waals surface area contributed by atoms with Crippen LogP contribution >= 0.6 is 0 Å². The highest BCUT2D eigenvalue weighted by atomic mass is 14.9. The van der Waals surface area contributed by atoms with Crippen molar-refractivity contribution in [2.75, 3.05) is 17.6 Å². The van der Waals surface area contributed by atoms with Crippen molar-refractivity contribution in [1.82, 2.24) is 0 Å². The van der Waals surface area contributed by atoms with E-state index in [4.69, 9.17) is 5.73 Å². The summed E-state index contributed by atoms with van der Waals surface area (Å²) >= 11 is 0. The van der Waals surface area contributed by atoms with Crippen molar-refractivity contribution in [3.05, 3.63) is 23.8 Å². The molecule has 2 rings (SSSR count). The summed E-state index contributed by atoms with van der Waals surface area (Å²) in [6, 6.07) is 6.25. The Morgan fingerprint density at radius 3 is 2.58 bits per heavy atom. The van der Waals surface area contributed by atoms with Crippen molar-refractivity contribution < 1.29 is 0 Å². The topological polar surface area (TPSA) is 38.0 Å². The van der Waals surface area contributed by atoms with Gasteiger partial charge in [0, 0.05) is 6.54 Å². The SMILES string of the molecule is Cc1cccc(NCC2(CC(C)C)CCCC2)c1N. The molecule has 1 aliphatic carbocycles. The van der Waals surface area contributed by atoms with E-state index in [2.05, 4.69) is 44.3 Å². The number of anilines is 2. The van der Waals surface area contributed by atoms with Crippen LogP contribution in [-0.2, 0) is 0 Å². The molecule has 0 saturated heterocycles. The van der Waals surface area contributed by atoms with Gasteiger partial charge in [0.2, 0.25) is 0 Å². The van der Waals surface area contributed by atoms with E-state index in [0.717, 1.165) is 29.4 Å². The van der Waals surface area contributed by atoms with Gasteiger partial charge in [0.25, 0.3) is 0 Å². The lowest BCUT2D eigenvalue weighted by molar-refractivity contribution is 0.252. The average Bonchev–Trinajstić information content (AvgIpc) is 2.79. The Morgan fingerprint density at radius 2 is 1.95 bits per heavy atom. The molecule has 0 spiro atoms. The quantitative estimate of drug-likeness (QED) is 0.760. The van der Waals surface area contributed by atoms with Crippen LogP contribution in [0, 0.1) is 18.3 Å². The van der Waals surface area contributed by atoms with E-state index >= 15 is 0 Å². The third-order valence-corrected chi connectivity index (χ3v) is 4.48. The van der Waals surface area contributed by atoms with Crippen LogP contribution in [0.1, 0.15) is 51.5 Å². The number of rotatable bonds is 5. The maximum atomic E-state index is 6.15. The highest BCUT2D eigenvalue weighted by Crippen LogP contribution is 2.43. The lowest BCUT2D eigenvalue weighted by atomic mass is 9.78. The Morgan fingerprint density at radius 1 is 1.26 bits per heavy atom. The smallest absolute Gasteiger partial charge is 0.0579 e. The molecular weight excluding hydrogens is 232 g/mol. The van der Waals surface area contributed by atoms with Crippen LogP contribution in [-0.4, -0.2) is 6.54 Å². The summed E-state index contributed by atoms with van der Waals surface area (Å²) in [5, 5.41) is 3.62. The first-order chi connectivity index (χ1) is 9.02. The van der Waals surface area contributed by atoms with E-state index in [1.807, 2.05) is 0 Å². The van der Waals surface area contributed by atoms with Crippen molar-refractivity contribution in [3.8, 4) is 0 Å². The molecule has 0 amide bonds. The first-order valence-corrected chi connectivity index (χ1v) is 7.61. The van der Waals surface area contributed by atoms with E-state index in [1.54, 1.807) is 0 Å². The second-order valence-corrected chi connectivity index (χ2v) is 6.69. The second kappa shape index (κ2) is 5.85. The lowest BCUT2D eigenvalue weighted by Gasteiger charge is -2.32. The van der Waals surface area contributed by atoms with Gasteiger partial charge in [-0.25, -0.2) is 0 Å². The summed E-state index contributed by atoms with van der Waals surface area (Å²) in [6.45, 7) is 7.81. The fraction of sp³-hybridized carbons (Fsp3) is 0.647.